The predicted molar refractivity (Wildman–Crippen MR) is 64.0 cm³/mol. The first-order valence-electron chi connectivity index (χ1n) is 6.29. The standard InChI is InChI=1S/C12H26N2O/c1-3-7-13-12(10-15)9-14(2)8-11-5-4-6-11/h11-13,15H,3-10H2,1-2H3. The van der Waals surface area contributed by atoms with E-state index in [4.69, 9.17) is 0 Å². The number of nitrogens with zero attached hydrogens (tertiary/aromatic N) is 1. The van der Waals surface area contributed by atoms with Crippen molar-refractivity contribution >= 4 is 0 Å². The topological polar surface area (TPSA) is 35.5 Å². The Labute approximate surface area is 93.9 Å². The minimum absolute atomic E-state index is 0.245. The van der Waals surface area contributed by atoms with Gasteiger partial charge >= 0.3 is 0 Å². The lowest BCUT2D eigenvalue weighted by atomic mass is 9.85. The molecule has 0 radical (unpaired) electrons. The Morgan fingerprint density at radius 3 is 2.67 bits per heavy atom. The fraction of sp³-hybridized carbons (Fsp3) is 1.00. The lowest BCUT2D eigenvalue weighted by molar-refractivity contribution is 0.162. The summed E-state index contributed by atoms with van der Waals surface area (Å²) in [5, 5.41) is 12.6. The van der Waals surface area contributed by atoms with Gasteiger partial charge in [-0.15, -0.1) is 0 Å². The largest absolute Gasteiger partial charge is 0.395 e. The van der Waals surface area contributed by atoms with E-state index in [0.717, 1.165) is 25.4 Å². The highest BCUT2D eigenvalue weighted by atomic mass is 16.3. The normalized spacial score (nSPS) is 19.2. The van der Waals surface area contributed by atoms with E-state index in [1.807, 2.05) is 0 Å². The fourth-order valence-corrected chi connectivity index (χ4v) is 2.10. The van der Waals surface area contributed by atoms with Gasteiger partial charge in [0.05, 0.1) is 6.61 Å². The van der Waals surface area contributed by atoms with Crippen LogP contribution in [0, 0.1) is 5.92 Å². The van der Waals surface area contributed by atoms with Crippen molar-refractivity contribution in [2.45, 2.75) is 38.6 Å². The number of nitrogens with one attached hydrogen (secondary N) is 1. The molecule has 0 aromatic heterocycles. The van der Waals surface area contributed by atoms with Crippen LogP contribution in [0.3, 0.4) is 0 Å². The molecule has 3 heteroatoms. The first-order chi connectivity index (χ1) is 7.26. The molecule has 0 aliphatic heterocycles. The third kappa shape index (κ3) is 4.96. The van der Waals surface area contributed by atoms with Crippen molar-refractivity contribution in [3.63, 3.8) is 0 Å². The summed E-state index contributed by atoms with van der Waals surface area (Å²) in [6.45, 7) is 5.56. The number of hydrogen-bond donors (Lipinski definition) is 2. The van der Waals surface area contributed by atoms with Gasteiger partial charge in [0.25, 0.3) is 0 Å². The molecule has 1 aliphatic carbocycles. The van der Waals surface area contributed by atoms with Crippen LogP contribution >= 0.6 is 0 Å². The van der Waals surface area contributed by atoms with Crippen LogP contribution in [-0.2, 0) is 0 Å². The Kier molecular flexibility index (Phi) is 6.22. The number of aliphatic hydroxyl groups excluding tert-OH is 1. The molecule has 90 valence electrons. The maximum Gasteiger partial charge on any atom is 0.0597 e. The van der Waals surface area contributed by atoms with Crippen molar-refractivity contribution in [2.75, 3.05) is 33.3 Å². The molecule has 1 rings (SSSR count). The highest BCUT2D eigenvalue weighted by molar-refractivity contribution is 4.75. The van der Waals surface area contributed by atoms with Crippen molar-refractivity contribution < 1.29 is 5.11 Å². The SMILES string of the molecule is CCCNC(CO)CN(C)CC1CCC1. The predicted octanol–water partition coefficient (Wildman–Crippen LogP) is 1.08. The molecule has 0 saturated heterocycles. The van der Waals surface area contributed by atoms with Gasteiger partial charge in [0.15, 0.2) is 0 Å². The van der Waals surface area contributed by atoms with Crippen LogP contribution in [0.1, 0.15) is 32.6 Å². The number of rotatable bonds is 8. The molecule has 1 aliphatic rings. The van der Waals surface area contributed by atoms with Crippen molar-refractivity contribution in [3.05, 3.63) is 0 Å². The molecule has 3 nitrogen and oxygen atoms in total. The van der Waals surface area contributed by atoms with Gasteiger partial charge in [0.1, 0.15) is 0 Å². The Hall–Kier alpha value is -0.120. The van der Waals surface area contributed by atoms with Crippen LogP contribution in [0.5, 0.6) is 0 Å². The minimum Gasteiger partial charge on any atom is -0.395 e. The van der Waals surface area contributed by atoms with Gasteiger partial charge in [0, 0.05) is 19.1 Å². The average molecular weight is 214 g/mol. The highest BCUT2D eigenvalue weighted by Crippen LogP contribution is 2.26. The lowest BCUT2D eigenvalue weighted by Crippen LogP contribution is -2.44. The molecule has 0 heterocycles. The highest BCUT2D eigenvalue weighted by Gasteiger charge is 2.20. The maximum atomic E-state index is 9.22. The van der Waals surface area contributed by atoms with Gasteiger partial charge < -0.3 is 15.3 Å². The van der Waals surface area contributed by atoms with Gasteiger partial charge in [-0.25, -0.2) is 0 Å². The van der Waals surface area contributed by atoms with E-state index >= 15 is 0 Å². The summed E-state index contributed by atoms with van der Waals surface area (Å²) in [6, 6.07) is 0.245. The Bertz CT molecular complexity index is 160. The summed E-state index contributed by atoms with van der Waals surface area (Å²) < 4.78 is 0. The molecule has 0 bridgehead atoms. The van der Waals surface area contributed by atoms with Gasteiger partial charge in [-0.3, -0.25) is 0 Å². The Morgan fingerprint density at radius 2 is 2.20 bits per heavy atom. The number of likely N-dealkylation sites (N-methyl/N-ethyl adjacent to an activating group) is 1. The summed E-state index contributed by atoms with van der Waals surface area (Å²) in [7, 11) is 2.16. The summed E-state index contributed by atoms with van der Waals surface area (Å²) in [4.78, 5) is 2.35. The molecule has 1 fully saturated rings. The van der Waals surface area contributed by atoms with Crippen LogP contribution in [0.2, 0.25) is 0 Å². The van der Waals surface area contributed by atoms with Gasteiger partial charge in [0.2, 0.25) is 0 Å². The second-order valence-corrected chi connectivity index (χ2v) is 4.85. The molecule has 0 aromatic rings. The van der Waals surface area contributed by atoms with Crippen LogP contribution in [0.25, 0.3) is 0 Å². The average Bonchev–Trinajstić information content (AvgIpc) is 2.18. The summed E-state index contributed by atoms with van der Waals surface area (Å²) in [6.07, 6.45) is 5.34. The van der Waals surface area contributed by atoms with E-state index in [2.05, 4.69) is 24.2 Å². The molecule has 1 unspecified atom stereocenters. The third-order valence-electron chi connectivity index (χ3n) is 3.23. The van der Waals surface area contributed by atoms with Gasteiger partial charge in [-0.05, 0) is 38.8 Å². The van der Waals surface area contributed by atoms with Crippen LogP contribution < -0.4 is 5.32 Å². The fourth-order valence-electron chi connectivity index (χ4n) is 2.10. The maximum absolute atomic E-state index is 9.22. The molecule has 0 amide bonds. The van der Waals surface area contributed by atoms with E-state index in [9.17, 15) is 5.11 Å². The first-order valence-corrected chi connectivity index (χ1v) is 6.29. The Balaban J connectivity index is 2.11. The number of hydrogen-bond acceptors (Lipinski definition) is 3. The summed E-state index contributed by atoms with van der Waals surface area (Å²) >= 11 is 0. The van der Waals surface area contributed by atoms with E-state index in [0.29, 0.717) is 0 Å². The van der Waals surface area contributed by atoms with Crippen molar-refractivity contribution in [3.8, 4) is 0 Å². The zero-order valence-electron chi connectivity index (χ0n) is 10.2. The van der Waals surface area contributed by atoms with Crippen LogP contribution in [-0.4, -0.2) is 49.3 Å². The second-order valence-electron chi connectivity index (χ2n) is 4.85. The smallest absolute Gasteiger partial charge is 0.0597 e. The molecule has 15 heavy (non-hydrogen) atoms. The molecule has 0 aromatic carbocycles. The van der Waals surface area contributed by atoms with Crippen molar-refractivity contribution in [2.24, 2.45) is 5.92 Å². The minimum atomic E-state index is 0.245. The van der Waals surface area contributed by atoms with Crippen LogP contribution in [0.4, 0.5) is 0 Å². The number of aliphatic hydroxyl groups is 1. The van der Waals surface area contributed by atoms with Gasteiger partial charge in [-0.1, -0.05) is 13.3 Å². The monoisotopic (exact) mass is 214 g/mol. The van der Waals surface area contributed by atoms with E-state index < -0.39 is 0 Å². The molecular formula is C12H26N2O. The molecule has 1 atom stereocenters. The molecule has 1 saturated carbocycles. The molecule has 0 spiro atoms. The first kappa shape index (κ1) is 12.9. The van der Waals surface area contributed by atoms with E-state index in [-0.39, 0.29) is 12.6 Å². The van der Waals surface area contributed by atoms with Gasteiger partial charge in [-0.2, -0.15) is 0 Å². The zero-order chi connectivity index (χ0) is 11.1. The van der Waals surface area contributed by atoms with Crippen molar-refractivity contribution in [1.82, 2.24) is 10.2 Å². The summed E-state index contributed by atoms with van der Waals surface area (Å²) in [5.74, 6) is 0.917. The zero-order valence-corrected chi connectivity index (χ0v) is 10.2. The molecule has 2 N–H and O–H groups in total. The van der Waals surface area contributed by atoms with Crippen LogP contribution in [0.15, 0.2) is 0 Å². The summed E-state index contributed by atoms with van der Waals surface area (Å²) in [5.41, 5.74) is 0. The quantitative estimate of drug-likeness (QED) is 0.634. The van der Waals surface area contributed by atoms with E-state index in [1.165, 1.54) is 25.8 Å². The molecular weight excluding hydrogens is 188 g/mol. The second kappa shape index (κ2) is 7.20. The lowest BCUT2D eigenvalue weighted by Gasteiger charge is -2.32. The van der Waals surface area contributed by atoms with E-state index in [1.54, 1.807) is 0 Å². The Morgan fingerprint density at radius 1 is 1.47 bits per heavy atom. The third-order valence-corrected chi connectivity index (χ3v) is 3.23. The van der Waals surface area contributed by atoms with Crippen molar-refractivity contribution in [1.29, 1.82) is 0 Å².